The third kappa shape index (κ3) is 3.88. The van der Waals surface area contributed by atoms with E-state index in [-0.39, 0.29) is 17.2 Å². The van der Waals surface area contributed by atoms with Crippen molar-refractivity contribution in [2.24, 2.45) is 0 Å². The molecule has 1 rings (SSSR count). The van der Waals surface area contributed by atoms with Crippen LogP contribution in [0.25, 0.3) is 0 Å². The molecule has 1 unspecified atom stereocenters. The molecule has 0 aromatic heterocycles. The summed E-state index contributed by atoms with van der Waals surface area (Å²) in [5, 5.41) is 10.7. The van der Waals surface area contributed by atoms with Crippen LogP contribution in [-0.4, -0.2) is 33.1 Å². The molecule has 0 saturated heterocycles. The molecular formula is C10H15N3O5S. The second kappa shape index (κ2) is 5.95. The number of nitrogen functional groups attached to an aromatic ring is 1. The van der Waals surface area contributed by atoms with E-state index in [9.17, 15) is 18.5 Å². The standard InChI is InChI=1S/C10H15N3O5S/c1-7(6-18-2)12-19(16,17)8-3-4-9(11)10(5-8)13(14)15/h3-5,7,12H,6,11H2,1-2H3. The highest BCUT2D eigenvalue weighted by atomic mass is 32.2. The average molecular weight is 289 g/mol. The number of rotatable bonds is 6. The van der Waals surface area contributed by atoms with Gasteiger partial charge in [-0.1, -0.05) is 0 Å². The predicted molar refractivity (Wildman–Crippen MR) is 69.2 cm³/mol. The number of methoxy groups -OCH3 is 1. The Kier molecular flexibility index (Phi) is 4.81. The van der Waals surface area contributed by atoms with Crippen LogP contribution in [0.5, 0.6) is 0 Å². The van der Waals surface area contributed by atoms with Gasteiger partial charge in [-0.3, -0.25) is 10.1 Å². The number of nitro benzene ring substituents is 1. The first-order chi connectivity index (χ1) is 8.77. The van der Waals surface area contributed by atoms with Crippen molar-refractivity contribution in [3.05, 3.63) is 28.3 Å². The van der Waals surface area contributed by atoms with E-state index in [0.717, 1.165) is 6.07 Å². The van der Waals surface area contributed by atoms with Gasteiger partial charge in [0.15, 0.2) is 0 Å². The summed E-state index contributed by atoms with van der Waals surface area (Å²) in [6.45, 7) is 1.81. The third-order valence-electron chi connectivity index (χ3n) is 2.28. The lowest BCUT2D eigenvalue weighted by atomic mass is 10.3. The molecule has 3 N–H and O–H groups in total. The largest absolute Gasteiger partial charge is 0.393 e. The van der Waals surface area contributed by atoms with Gasteiger partial charge < -0.3 is 10.5 Å². The molecule has 1 aromatic carbocycles. The summed E-state index contributed by atoms with van der Waals surface area (Å²) in [7, 11) is -2.40. The van der Waals surface area contributed by atoms with Crippen LogP contribution in [0.3, 0.4) is 0 Å². The van der Waals surface area contributed by atoms with E-state index in [1.807, 2.05) is 0 Å². The second-order valence-electron chi connectivity index (χ2n) is 3.96. The summed E-state index contributed by atoms with van der Waals surface area (Å²) >= 11 is 0. The van der Waals surface area contributed by atoms with Crippen molar-refractivity contribution in [3.8, 4) is 0 Å². The number of hydrogen-bond acceptors (Lipinski definition) is 6. The van der Waals surface area contributed by atoms with Gasteiger partial charge in [0.25, 0.3) is 5.69 Å². The summed E-state index contributed by atoms with van der Waals surface area (Å²) in [5.74, 6) is 0. The van der Waals surface area contributed by atoms with E-state index in [4.69, 9.17) is 10.5 Å². The normalized spacial score (nSPS) is 13.2. The summed E-state index contributed by atoms with van der Waals surface area (Å²) < 4.78 is 31.1. The number of nitrogens with one attached hydrogen (secondary N) is 1. The van der Waals surface area contributed by atoms with Crippen molar-refractivity contribution in [2.45, 2.75) is 17.9 Å². The number of benzene rings is 1. The Morgan fingerprint density at radius 3 is 2.68 bits per heavy atom. The molecule has 0 aliphatic heterocycles. The molecule has 0 aliphatic carbocycles. The van der Waals surface area contributed by atoms with E-state index in [0.29, 0.717) is 0 Å². The maximum Gasteiger partial charge on any atom is 0.293 e. The molecule has 0 amide bonds. The van der Waals surface area contributed by atoms with Gasteiger partial charge in [0.05, 0.1) is 16.4 Å². The van der Waals surface area contributed by atoms with Crippen LogP contribution in [0.1, 0.15) is 6.92 Å². The molecule has 1 aromatic rings. The van der Waals surface area contributed by atoms with Gasteiger partial charge in [0.1, 0.15) is 5.69 Å². The van der Waals surface area contributed by atoms with Crippen molar-refractivity contribution < 1.29 is 18.1 Å². The zero-order valence-corrected chi connectivity index (χ0v) is 11.3. The topological polar surface area (TPSA) is 125 Å². The molecule has 0 radical (unpaired) electrons. The summed E-state index contributed by atoms with van der Waals surface area (Å²) in [6.07, 6.45) is 0. The van der Waals surface area contributed by atoms with Gasteiger partial charge in [0, 0.05) is 19.2 Å². The monoisotopic (exact) mass is 289 g/mol. The first-order valence-corrected chi connectivity index (χ1v) is 6.81. The smallest absolute Gasteiger partial charge is 0.293 e. The number of anilines is 1. The average Bonchev–Trinajstić information content (AvgIpc) is 2.28. The second-order valence-corrected chi connectivity index (χ2v) is 5.67. The molecule has 0 spiro atoms. The van der Waals surface area contributed by atoms with Gasteiger partial charge in [-0.15, -0.1) is 0 Å². The minimum absolute atomic E-state index is 0.0890. The fraction of sp³-hybridized carbons (Fsp3) is 0.400. The van der Waals surface area contributed by atoms with Crippen LogP contribution in [-0.2, 0) is 14.8 Å². The van der Waals surface area contributed by atoms with Crippen LogP contribution in [0, 0.1) is 10.1 Å². The molecule has 0 bridgehead atoms. The number of nitrogens with two attached hydrogens (primary N) is 1. The van der Waals surface area contributed by atoms with Gasteiger partial charge in [-0.25, -0.2) is 13.1 Å². The minimum Gasteiger partial charge on any atom is -0.393 e. The highest BCUT2D eigenvalue weighted by Gasteiger charge is 2.21. The number of nitrogens with zero attached hydrogens (tertiary/aromatic N) is 1. The van der Waals surface area contributed by atoms with E-state index in [1.54, 1.807) is 6.92 Å². The van der Waals surface area contributed by atoms with Crippen molar-refractivity contribution in [1.29, 1.82) is 0 Å². The third-order valence-corrected chi connectivity index (χ3v) is 3.87. The van der Waals surface area contributed by atoms with E-state index in [1.165, 1.54) is 19.2 Å². The first kappa shape index (κ1) is 15.3. The predicted octanol–water partition coefficient (Wildman–Crippen LogP) is 0.490. The molecule has 0 saturated carbocycles. The zero-order valence-electron chi connectivity index (χ0n) is 10.5. The van der Waals surface area contributed by atoms with Crippen molar-refractivity contribution in [3.63, 3.8) is 0 Å². The lowest BCUT2D eigenvalue weighted by Gasteiger charge is -2.13. The van der Waals surface area contributed by atoms with Crippen LogP contribution in [0.4, 0.5) is 11.4 Å². The Morgan fingerprint density at radius 2 is 2.16 bits per heavy atom. The van der Waals surface area contributed by atoms with Crippen LogP contribution in [0.2, 0.25) is 0 Å². The molecule has 1 atom stereocenters. The van der Waals surface area contributed by atoms with E-state index >= 15 is 0 Å². The van der Waals surface area contributed by atoms with Gasteiger partial charge in [-0.2, -0.15) is 0 Å². The van der Waals surface area contributed by atoms with Gasteiger partial charge in [0.2, 0.25) is 10.0 Å². The summed E-state index contributed by atoms with van der Waals surface area (Å²) in [4.78, 5) is 9.78. The van der Waals surface area contributed by atoms with Crippen LogP contribution >= 0.6 is 0 Å². The fourth-order valence-corrected chi connectivity index (χ4v) is 2.71. The molecule has 0 heterocycles. The number of nitro groups is 1. The maximum absolute atomic E-state index is 12.0. The first-order valence-electron chi connectivity index (χ1n) is 5.33. The highest BCUT2D eigenvalue weighted by Crippen LogP contribution is 2.24. The SMILES string of the molecule is COCC(C)NS(=O)(=O)c1ccc(N)c([N+](=O)[O-])c1. The Morgan fingerprint density at radius 1 is 1.53 bits per heavy atom. The van der Waals surface area contributed by atoms with E-state index in [2.05, 4.69) is 4.72 Å². The van der Waals surface area contributed by atoms with Gasteiger partial charge in [-0.05, 0) is 19.1 Å². The molecule has 8 nitrogen and oxygen atoms in total. The number of sulfonamides is 1. The lowest BCUT2D eigenvalue weighted by molar-refractivity contribution is -0.384. The summed E-state index contributed by atoms with van der Waals surface area (Å²) in [5.41, 5.74) is 4.87. The Hall–Kier alpha value is -1.71. The number of ether oxygens (including phenoxy) is 1. The molecule has 106 valence electrons. The highest BCUT2D eigenvalue weighted by molar-refractivity contribution is 7.89. The molecule has 9 heteroatoms. The fourth-order valence-electron chi connectivity index (χ4n) is 1.47. The van der Waals surface area contributed by atoms with Crippen LogP contribution in [0.15, 0.2) is 23.1 Å². The molecule has 19 heavy (non-hydrogen) atoms. The molecule has 0 aliphatic rings. The quantitative estimate of drug-likeness (QED) is 0.446. The van der Waals surface area contributed by atoms with Crippen molar-refractivity contribution in [1.82, 2.24) is 4.72 Å². The van der Waals surface area contributed by atoms with E-state index < -0.39 is 26.7 Å². The Labute approximate surface area is 110 Å². The minimum atomic E-state index is -3.84. The molecule has 0 fully saturated rings. The van der Waals surface area contributed by atoms with Crippen molar-refractivity contribution in [2.75, 3.05) is 19.5 Å². The maximum atomic E-state index is 12.0. The van der Waals surface area contributed by atoms with Gasteiger partial charge >= 0.3 is 0 Å². The Bertz CT molecular complexity index is 573. The Balaban J connectivity index is 3.08. The van der Waals surface area contributed by atoms with Crippen molar-refractivity contribution >= 4 is 21.4 Å². The van der Waals surface area contributed by atoms with Crippen LogP contribution < -0.4 is 10.5 Å². The molecular weight excluding hydrogens is 274 g/mol. The number of hydrogen-bond donors (Lipinski definition) is 2. The summed E-state index contributed by atoms with van der Waals surface area (Å²) in [6, 6.07) is 2.88. The zero-order chi connectivity index (χ0) is 14.6. The lowest BCUT2D eigenvalue weighted by Crippen LogP contribution is -2.35.